The van der Waals surface area contributed by atoms with Crippen LogP contribution in [0.3, 0.4) is 0 Å². The molecule has 1 aromatic carbocycles. The summed E-state index contributed by atoms with van der Waals surface area (Å²) >= 11 is 0. The van der Waals surface area contributed by atoms with Crippen LogP contribution < -0.4 is 10.9 Å². The number of esters is 1. The fourth-order valence-electron chi connectivity index (χ4n) is 2.75. The Morgan fingerprint density at radius 3 is 2.64 bits per heavy atom. The molecule has 0 fully saturated rings. The number of aryl methyl sites for hydroxylation is 1. The molecule has 8 nitrogen and oxygen atoms in total. The van der Waals surface area contributed by atoms with Crippen LogP contribution in [0.2, 0.25) is 0 Å². The van der Waals surface area contributed by atoms with Crippen molar-refractivity contribution in [2.75, 3.05) is 0 Å². The average molecular weight is 383 g/mol. The fourth-order valence-corrected chi connectivity index (χ4v) is 2.75. The predicted molar refractivity (Wildman–Crippen MR) is 102 cm³/mol. The van der Waals surface area contributed by atoms with Gasteiger partial charge in [0.2, 0.25) is 0 Å². The Balaban J connectivity index is 1.79. The number of ether oxygens (including phenoxy) is 1. The molecule has 1 unspecified atom stereocenters. The van der Waals surface area contributed by atoms with Crippen molar-refractivity contribution in [3.63, 3.8) is 0 Å². The molecule has 0 aliphatic carbocycles. The summed E-state index contributed by atoms with van der Waals surface area (Å²) in [6.45, 7) is 3.95. The van der Waals surface area contributed by atoms with Gasteiger partial charge in [0.05, 0.1) is 18.2 Å². The Morgan fingerprint density at radius 1 is 1.21 bits per heavy atom. The van der Waals surface area contributed by atoms with Crippen molar-refractivity contribution in [2.24, 2.45) is 0 Å². The number of rotatable bonds is 7. The van der Waals surface area contributed by atoms with Crippen LogP contribution in [-0.4, -0.2) is 27.8 Å². The van der Waals surface area contributed by atoms with E-state index in [2.05, 4.69) is 10.4 Å². The average Bonchev–Trinajstić information content (AvgIpc) is 3.22. The van der Waals surface area contributed by atoms with Gasteiger partial charge in [-0.1, -0.05) is 25.1 Å². The number of carbonyl (C=O) groups excluding carboxylic acids is 2. The predicted octanol–water partition coefficient (Wildman–Crippen LogP) is 2.26. The summed E-state index contributed by atoms with van der Waals surface area (Å²) in [5, 5.41) is 7.58. The summed E-state index contributed by atoms with van der Waals surface area (Å²) in [4.78, 5) is 37.4. The van der Waals surface area contributed by atoms with Crippen LogP contribution in [0.15, 0.2) is 51.9 Å². The molecule has 0 spiro atoms. The molecule has 3 aromatic rings. The van der Waals surface area contributed by atoms with Gasteiger partial charge in [-0.15, -0.1) is 0 Å². The third kappa shape index (κ3) is 4.11. The zero-order chi connectivity index (χ0) is 20.1. The van der Waals surface area contributed by atoms with E-state index >= 15 is 0 Å². The van der Waals surface area contributed by atoms with Crippen molar-refractivity contribution >= 4 is 22.6 Å². The molecule has 2 heterocycles. The van der Waals surface area contributed by atoms with E-state index in [1.807, 2.05) is 6.92 Å². The lowest BCUT2D eigenvalue weighted by atomic mass is 10.1. The quantitative estimate of drug-likeness (QED) is 0.628. The number of furan rings is 1. The smallest absolute Gasteiger partial charge is 0.360 e. The molecule has 8 heteroatoms. The van der Waals surface area contributed by atoms with Gasteiger partial charge in [0, 0.05) is 11.9 Å². The molecule has 1 N–H and O–H groups in total. The maximum absolute atomic E-state index is 12.7. The van der Waals surface area contributed by atoms with E-state index in [1.54, 1.807) is 36.4 Å². The minimum absolute atomic E-state index is 0.00864. The van der Waals surface area contributed by atoms with Crippen molar-refractivity contribution < 1.29 is 18.7 Å². The zero-order valence-electron chi connectivity index (χ0n) is 15.7. The largest absolute Gasteiger partial charge is 0.467 e. The third-order valence-corrected chi connectivity index (χ3v) is 4.17. The lowest BCUT2D eigenvalue weighted by Gasteiger charge is -2.14. The molecule has 1 amide bonds. The maximum atomic E-state index is 12.7. The number of hydrogen-bond acceptors (Lipinski definition) is 6. The molecule has 0 aliphatic rings. The van der Waals surface area contributed by atoms with Crippen molar-refractivity contribution in [3.05, 3.63) is 64.5 Å². The second-order valence-electron chi connectivity index (χ2n) is 6.27. The molecule has 0 saturated carbocycles. The summed E-state index contributed by atoms with van der Waals surface area (Å²) in [6.07, 6.45) is 1.16. The number of benzene rings is 1. The van der Waals surface area contributed by atoms with E-state index < -0.39 is 18.0 Å². The van der Waals surface area contributed by atoms with Crippen LogP contribution in [0.1, 0.15) is 36.5 Å². The number of amides is 1. The first kappa shape index (κ1) is 19.3. The summed E-state index contributed by atoms with van der Waals surface area (Å²) in [6, 6.07) is 10.2. The molecule has 2 aromatic heterocycles. The van der Waals surface area contributed by atoms with Gasteiger partial charge in [0.25, 0.3) is 11.5 Å². The Hall–Kier alpha value is -3.42. The lowest BCUT2D eigenvalue weighted by Crippen LogP contribution is -2.36. The molecule has 0 aliphatic heterocycles. The second kappa shape index (κ2) is 8.51. The summed E-state index contributed by atoms with van der Waals surface area (Å²) in [5.41, 5.74) is -0.257. The number of fused-ring (bicyclic) bond motifs is 1. The highest BCUT2D eigenvalue weighted by molar-refractivity contribution is 6.02. The number of nitrogens with zero attached hydrogens (tertiary/aromatic N) is 2. The van der Waals surface area contributed by atoms with Crippen molar-refractivity contribution in [1.29, 1.82) is 0 Å². The molecule has 0 bridgehead atoms. The number of hydrogen-bond donors (Lipinski definition) is 1. The first-order valence-corrected chi connectivity index (χ1v) is 9.02. The van der Waals surface area contributed by atoms with Gasteiger partial charge < -0.3 is 14.5 Å². The van der Waals surface area contributed by atoms with Gasteiger partial charge in [-0.05, 0) is 31.5 Å². The van der Waals surface area contributed by atoms with Gasteiger partial charge in [-0.2, -0.15) is 5.10 Å². The van der Waals surface area contributed by atoms with E-state index in [4.69, 9.17) is 9.15 Å². The first-order chi connectivity index (χ1) is 13.5. The molecule has 3 rings (SSSR count). The van der Waals surface area contributed by atoms with Crippen molar-refractivity contribution in [2.45, 2.75) is 39.5 Å². The first-order valence-electron chi connectivity index (χ1n) is 9.02. The summed E-state index contributed by atoms with van der Waals surface area (Å²) < 4.78 is 11.7. The summed E-state index contributed by atoms with van der Waals surface area (Å²) in [7, 11) is 0. The van der Waals surface area contributed by atoms with Crippen LogP contribution in [0.5, 0.6) is 0 Å². The number of carbonyl (C=O) groups is 2. The van der Waals surface area contributed by atoms with Gasteiger partial charge >= 0.3 is 5.97 Å². The van der Waals surface area contributed by atoms with E-state index in [9.17, 15) is 14.4 Å². The van der Waals surface area contributed by atoms with Gasteiger partial charge in [-0.3, -0.25) is 9.59 Å². The Kier molecular flexibility index (Phi) is 5.88. The van der Waals surface area contributed by atoms with Crippen LogP contribution >= 0.6 is 0 Å². The normalized spacial score (nSPS) is 11.9. The lowest BCUT2D eigenvalue weighted by molar-refractivity contribution is -0.129. The monoisotopic (exact) mass is 383 g/mol. The van der Waals surface area contributed by atoms with E-state index in [0.717, 1.165) is 0 Å². The van der Waals surface area contributed by atoms with Crippen LogP contribution in [-0.2, 0) is 22.6 Å². The molecule has 0 saturated heterocycles. The Labute approximate surface area is 161 Å². The van der Waals surface area contributed by atoms with Crippen LogP contribution in [0.25, 0.3) is 10.8 Å². The van der Waals surface area contributed by atoms with Gasteiger partial charge in [-0.25, -0.2) is 9.48 Å². The fraction of sp³-hybridized carbons (Fsp3) is 0.300. The molecule has 0 radical (unpaired) electrons. The molecule has 28 heavy (non-hydrogen) atoms. The highest BCUT2D eigenvalue weighted by Gasteiger charge is 2.23. The number of nitrogens with one attached hydrogen (secondary N) is 1. The third-order valence-electron chi connectivity index (χ3n) is 4.17. The van der Waals surface area contributed by atoms with E-state index in [0.29, 0.717) is 29.5 Å². The van der Waals surface area contributed by atoms with E-state index in [-0.39, 0.29) is 17.8 Å². The molecule has 146 valence electrons. The molecular formula is C20H21N3O5. The SMILES string of the molecule is CCCn1nc(C(=O)OC(C)C(=O)NCc2ccco2)c2ccccc2c1=O. The molecular weight excluding hydrogens is 362 g/mol. The topological polar surface area (TPSA) is 103 Å². The Morgan fingerprint density at radius 2 is 1.96 bits per heavy atom. The highest BCUT2D eigenvalue weighted by Crippen LogP contribution is 2.15. The minimum atomic E-state index is -1.03. The number of aromatic nitrogens is 2. The van der Waals surface area contributed by atoms with Gasteiger partial charge in [0.15, 0.2) is 11.8 Å². The van der Waals surface area contributed by atoms with E-state index in [1.165, 1.54) is 17.9 Å². The van der Waals surface area contributed by atoms with Crippen molar-refractivity contribution in [3.8, 4) is 0 Å². The van der Waals surface area contributed by atoms with Crippen LogP contribution in [0, 0.1) is 0 Å². The molecule has 1 atom stereocenters. The second-order valence-corrected chi connectivity index (χ2v) is 6.27. The van der Waals surface area contributed by atoms with Gasteiger partial charge in [0.1, 0.15) is 5.76 Å². The highest BCUT2D eigenvalue weighted by atomic mass is 16.5. The van der Waals surface area contributed by atoms with Crippen molar-refractivity contribution in [1.82, 2.24) is 15.1 Å². The standard InChI is InChI=1S/C20H21N3O5/c1-3-10-23-19(25)16-9-5-4-8-15(16)17(22-23)20(26)28-13(2)18(24)21-12-14-7-6-11-27-14/h4-9,11,13H,3,10,12H2,1-2H3,(H,21,24). The maximum Gasteiger partial charge on any atom is 0.360 e. The zero-order valence-corrected chi connectivity index (χ0v) is 15.7. The summed E-state index contributed by atoms with van der Waals surface area (Å²) in [5.74, 6) is -0.635. The minimum Gasteiger partial charge on any atom is -0.467 e. The Bertz CT molecular complexity index is 1040. The van der Waals surface area contributed by atoms with Crippen LogP contribution in [0.4, 0.5) is 0 Å².